The lowest BCUT2D eigenvalue weighted by Crippen LogP contribution is -2.35. The number of nitrogens with one attached hydrogen (secondary N) is 1. The second-order valence-electron chi connectivity index (χ2n) is 6.86. The number of carboxylic acids is 1. The Morgan fingerprint density at radius 1 is 1.21 bits per heavy atom. The van der Waals surface area contributed by atoms with E-state index in [1.54, 1.807) is 24.3 Å². The quantitative estimate of drug-likeness (QED) is 0.585. The molecule has 1 atom stereocenters. The van der Waals surface area contributed by atoms with Crippen molar-refractivity contribution in [2.24, 2.45) is 5.92 Å². The van der Waals surface area contributed by atoms with Gasteiger partial charge in [0.05, 0.1) is 18.0 Å². The summed E-state index contributed by atoms with van der Waals surface area (Å²) in [4.78, 5) is 28.1. The van der Waals surface area contributed by atoms with Gasteiger partial charge in [0.25, 0.3) is 0 Å². The molecular formula is C22H21ClN2O4. The van der Waals surface area contributed by atoms with Gasteiger partial charge in [-0.25, -0.2) is 4.98 Å². The topological polar surface area (TPSA) is 92.4 Å². The van der Waals surface area contributed by atoms with E-state index in [1.807, 2.05) is 31.2 Å². The fourth-order valence-corrected chi connectivity index (χ4v) is 3.07. The van der Waals surface area contributed by atoms with E-state index in [9.17, 15) is 14.7 Å². The molecule has 29 heavy (non-hydrogen) atoms. The Morgan fingerprint density at radius 2 is 1.97 bits per heavy atom. The SMILES string of the molecule is Cc1cccc(CC(CNC(=O)Cc2coc(-c3ccc(Cl)cc3)n2)C(=O)O)c1. The zero-order chi connectivity index (χ0) is 20.8. The molecule has 0 fully saturated rings. The molecular weight excluding hydrogens is 392 g/mol. The van der Waals surface area contributed by atoms with Gasteiger partial charge in [0, 0.05) is 17.1 Å². The van der Waals surface area contributed by atoms with Gasteiger partial charge in [0.1, 0.15) is 6.26 Å². The molecule has 150 valence electrons. The number of carbonyl (C=O) groups is 2. The maximum Gasteiger partial charge on any atom is 0.308 e. The van der Waals surface area contributed by atoms with E-state index in [2.05, 4.69) is 10.3 Å². The smallest absolute Gasteiger partial charge is 0.308 e. The van der Waals surface area contributed by atoms with Crippen LogP contribution in [0.3, 0.4) is 0 Å². The average Bonchev–Trinajstić information content (AvgIpc) is 3.14. The first-order chi connectivity index (χ1) is 13.9. The molecule has 2 N–H and O–H groups in total. The number of nitrogens with zero attached hydrogens (tertiary/aromatic N) is 1. The Kier molecular flexibility index (Phi) is 6.67. The Balaban J connectivity index is 1.55. The van der Waals surface area contributed by atoms with Crippen LogP contribution in [0.1, 0.15) is 16.8 Å². The minimum atomic E-state index is -0.946. The van der Waals surface area contributed by atoms with Crippen molar-refractivity contribution in [2.75, 3.05) is 6.54 Å². The average molecular weight is 413 g/mol. The first-order valence-electron chi connectivity index (χ1n) is 9.16. The van der Waals surface area contributed by atoms with Crippen molar-refractivity contribution in [3.8, 4) is 11.5 Å². The molecule has 3 rings (SSSR count). The van der Waals surface area contributed by atoms with Crippen molar-refractivity contribution >= 4 is 23.5 Å². The van der Waals surface area contributed by atoms with Gasteiger partial charge >= 0.3 is 5.97 Å². The first kappa shape index (κ1) is 20.6. The minimum Gasteiger partial charge on any atom is -0.481 e. The van der Waals surface area contributed by atoms with Crippen LogP contribution in [-0.4, -0.2) is 28.5 Å². The van der Waals surface area contributed by atoms with Gasteiger partial charge in [-0.05, 0) is 43.2 Å². The maximum absolute atomic E-state index is 12.2. The molecule has 0 aliphatic heterocycles. The summed E-state index contributed by atoms with van der Waals surface area (Å²) in [6.45, 7) is 2.00. The lowest BCUT2D eigenvalue weighted by Gasteiger charge is -2.13. The molecule has 2 aromatic carbocycles. The molecule has 1 aromatic heterocycles. The van der Waals surface area contributed by atoms with Gasteiger partial charge in [-0.1, -0.05) is 41.4 Å². The van der Waals surface area contributed by atoms with Gasteiger partial charge < -0.3 is 14.8 Å². The van der Waals surface area contributed by atoms with Gasteiger partial charge in [-0.15, -0.1) is 0 Å². The van der Waals surface area contributed by atoms with Crippen molar-refractivity contribution < 1.29 is 19.1 Å². The van der Waals surface area contributed by atoms with Crippen molar-refractivity contribution in [3.63, 3.8) is 0 Å². The summed E-state index contributed by atoms with van der Waals surface area (Å²) >= 11 is 5.87. The van der Waals surface area contributed by atoms with E-state index in [4.69, 9.17) is 16.0 Å². The molecule has 0 aliphatic carbocycles. The molecule has 0 saturated heterocycles. The lowest BCUT2D eigenvalue weighted by molar-refractivity contribution is -0.141. The van der Waals surface area contributed by atoms with Gasteiger partial charge in [-0.2, -0.15) is 0 Å². The fourth-order valence-electron chi connectivity index (χ4n) is 2.95. The Bertz CT molecular complexity index is 998. The monoisotopic (exact) mass is 412 g/mol. The second-order valence-corrected chi connectivity index (χ2v) is 7.30. The number of benzene rings is 2. The molecule has 7 heteroatoms. The summed E-state index contributed by atoms with van der Waals surface area (Å²) in [5.74, 6) is -1.57. The molecule has 1 amide bonds. The molecule has 6 nitrogen and oxygen atoms in total. The molecule has 0 saturated carbocycles. The van der Waals surface area contributed by atoms with Crippen LogP contribution in [0.4, 0.5) is 0 Å². The zero-order valence-electron chi connectivity index (χ0n) is 15.9. The van der Waals surface area contributed by atoms with Gasteiger partial charge in [-0.3, -0.25) is 9.59 Å². The Hall–Kier alpha value is -3.12. The number of rotatable bonds is 8. The highest BCUT2D eigenvalue weighted by molar-refractivity contribution is 6.30. The van der Waals surface area contributed by atoms with Crippen LogP contribution < -0.4 is 5.32 Å². The van der Waals surface area contributed by atoms with Gasteiger partial charge in [0.2, 0.25) is 11.8 Å². The van der Waals surface area contributed by atoms with Crippen LogP contribution in [0.2, 0.25) is 5.02 Å². The van der Waals surface area contributed by atoms with Crippen LogP contribution in [0, 0.1) is 12.8 Å². The summed E-state index contributed by atoms with van der Waals surface area (Å²) in [6, 6.07) is 14.7. The summed E-state index contributed by atoms with van der Waals surface area (Å²) < 4.78 is 5.42. The molecule has 0 aliphatic rings. The normalized spacial score (nSPS) is 11.8. The number of oxazole rings is 1. The third kappa shape index (κ3) is 5.93. The number of hydrogen-bond acceptors (Lipinski definition) is 4. The number of halogens is 1. The van der Waals surface area contributed by atoms with E-state index in [0.29, 0.717) is 23.0 Å². The number of carbonyl (C=O) groups excluding carboxylic acids is 1. The maximum atomic E-state index is 12.2. The highest BCUT2D eigenvalue weighted by atomic mass is 35.5. The standard InChI is InChI=1S/C22H21ClN2O4/c1-14-3-2-4-15(9-14)10-17(22(27)28)12-24-20(26)11-19-13-29-21(25-19)16-5-7-18(23)8-6-16/h2-9,13,17H,10-12H2,1H3,(H,24,26)(H,27,28). The molecule has 3 aromatic rings. The predicted molar refractivity (Wildman–Crippen MR) is 110 cm³/mol. The number of amides is 1. The van der Waals surface area contributed by atoms with Crippen LogP contribution in [0.25, 0.3) is 11.5 Å². The van der Waals surface area contributed by atoms with Crippen LogP contribution >= 0.6 is 11.6 Å². The Labute approximate surface area is 173 Å². The summed E-state index contributed by atoms with van der Waals surface area (Å²) in [5, 5.41) is 12.8. The third-order valence-corrected chi connectivity index (χ3v) is 4.70. The highest BCUT2D eigenvalue weighted by Crippen LogP contribution is 2.21. The first-order valence-corrected chi connectivity index (χ1v) is 9.54. The molecule has 0 spiro atoms. The number of aryl methyl sites for hydroxylation is 1. The lowest BCUT2D eigenvalue weighted by atomic mass is 9.98. The van der Waals surface area contributed by atoms with Crippen molar-refractivity contribution in [2.45, 2.75) is 19.8 Å². The fraction of sp³-hybridized carbons (Fsp3) is 0.227. The van der Waals surface area contributed by atoms with Crippen molar-refractivity contribution in [1.82, 2.24) is 10.3 Å². The molecule has 0 bridgehead atoms. The molecule has 0 radical (unpaired) electrons. The summed E-state index contributed by atoms with van der Waals surface area (Å²) in [7, 11) is 0. The number of aromatic nitrogens is 1. The van der Waals surface area contributed by atoms with E-state index >= 15 is 0 Å². The third-order valence-electron chi connectivity index (χ3n) is 4.44. The van der Waals surface area contributed by atoms with Crippen molar-refractivity contribution in [3.05, 3.63) is 76.6 Å². The number of aliphatic carboxylic acids is 1. The predicted octanol–water partition coefficient (Wildman–Crippen LogP) is 3.91. The van der Waals surface area contributed by atoms with E-state index in [1.165, 1.54) is 6.26 Å². The largest absolute Gasteiger partial charge is 0.481 e. The van der Waals surface area contributed by atoms with E-state index in [-0.39, 0.29) is 18.9 Å². The highest BCUT2D eigenvalue weighted by Gasteiger charge is 2.19. The van der Waals surface area contributed by atoms with Crippen molar-refractivity contribution in [1.29, 1.82) is 0 Å². The van der Waals surface area contributed by atoms with Crippen LogP contribution in [0.5, 0.6) is 0 Å². The zero-order valence-corrected chi connectivity index (χ0v) is 16.6. The Morgan fingerprint density at radius 3 is 2.66 bits per heavy atom. The van der Waals surface area contributed by atoms with E-state index in [0.717, 1.165) is 16.7 Å². The molecule has 1 unspecified atom stereocenters. The number of carboxylic acid groups (broad SMARTS) is 1. The number of hydrogen-bond donors (Lipinski definition) is 2. The summed E-state index contributed by atoms with van der Waals surface area (Å²) in [5.41, 5.74) is 3.22. The summed E-state index contributed by atoms with van der Waals surface area (Å²) in [6.07, 6.45) is 1.78. The molecule has 1 heterocycles. The van der Waals surface area contributed by atoms with Crippen LogP contribution in [-0.2, 0) is 22.4 Å². The second kappa shape index (κ2) is 9.39. The van der Waals surface area contributed by atoms with Crippen LogP contribution in [0.15, 0.2) is 59.2 Å². The van der Waals surface area contributed by atoms with E-state index < -0.39 is 11.9 Å². The van der Waals surface area contributed by atoms with Gasteiger partial charge in [0.15, 0.2) is 0 Å². The minimum absolute atomic E-state index is 0.00781.